The molecule has 2 unspecified atom stereocenters. The summed E-state index contributed by atoms with van der Waals surface area (Å²) in [6.07, 6.45) is 1.51. The highest BCUT2D eigenvalue weighted by Gasteiger charge is 2.43. The topological polar surface area (TPSA) is 80.1 Å². The minimum atomic E-state index is -0.513. The predicted octanol–water partition coefficient (Wildman–Crippen LogP) is 3.62. The fourth-order valence-electron chi connectivity index (χ4n) is 5.10. The van der Waals surface area contributed by atoms with Crippen LogP contribution in [0.4, 0.5) is 15.4 Å². The number of carbonyl (C=O) groups is 2. The monoisotopic (exact) mass is 467 g/mol. The van der Waals surface area contributed by atoms with E-state index in [2.05, 4.69) is 11.0 Å². The fourth-order valence-corrected chi connectivity index (χ4v) is 5.10. The van der Waals surface area contributed by atoms with Crippen molar-refractivity contribution in [3.8, 4) is 0 Å². The Morgan fingerprint density at radius 3 is 2.38 bits per heavy atom. The third-order valence-electron chi connectivity index (χ3n) is 6.65. The molecule has 3 aliphatic heterocycles. The number of likely N-dealkylation sites (tertiary alicyclic amines) is 1. The van der Waals surface area contributed by atoms with E-state index in [-0.39, 0.29) is 30.9 Å². The van der Waals surface area contributed by atoms with Gasteiger partial charge >= 0.3 is 12.2 Å². The minimum absolute atomic E-state index is 0.224. The second kappa shape index (κ2) is 8.85. The molecule has 9 nitrogen and oxygen atoms in total. The molecule has 2 atom stereocenters. The van der Waals surface area contributed by atoms with Crippen LogP contribution in [0.1, 0.15) is 44.9 Å². The van der Waals surface area contributed by atoms with E-state index in [9.17, 15) is 9.59 Å². The summed E-state index contributed by atoms with van der Waals surface area (Å²) in [6, 6.07) is 12.3. The van der Waals surface area contributed by atoms with Gasteiger partial charge in [0.1, 0.15) is 12.2 Å². The molecule has 9 heteroatoms. The molecule has 0 aliphatic carbocycles. The van der Waals surface area contributed by atoms with Gasteiger partial charge in [-0.05, 0) is 39.2 Å². The van der Waals surface area contributed by atoms with Gasteiger partial charge in [-0.2, -0.15) is 5.10 Å². The molecule has 182 valence electrons. The predicted molar refractivity (Wildman–Crippen MR) is 126 cm³/mol. The summed E-state index contributed by atoms with van der Waals surface area (Å²) in [5.41, 5.74) is 1.49. The molecule has 4 heterocycles. The van der Waals surface area contributed by atoms with Gasteiger partial charge in [0.05, 0.1) is 18.8 Å². The van der Waals surface area contributed by atoms with E-state index in [1.54, 1.807) is 4.90 Å². The zero-order valence-corrected chi connectivity index (χ0v) is 20.1. The first-order valence-corrected chi connectivity index (χ1v) is 12.1. The Bertz CT molecular complexity index is 1030. The van der Waals surface area contributed by atoms with Crippen molar-refractivity contribution in [2.24, 2.45) is 0 Å². The number of piperazine rings is 1. The number of ether oxygens (including phenoxy) is 2. The van der Waals surface area contributed by atoms with Crippen LogP contribution in [0.15, 0.2) is 36.4 Å². The lowest BCUT2D eigenvalue weighted by Gasteiger charge is -2.40. The lowest BCUT2D eigenvalue weighted by molar-refractivity contribution is 0.0194. The second-order valence-corrected chi connectivity index (χ2v) is 10.4. The van der Waals surface area contributed by atoms with Gasteiger partial charge in [0, 0.05) is 37.8 Å². The lowest BCUT2D eigenvalue weighted by atomic mass is 10.2. The van der Waals surface area contributed by atoms with Crippen molar-refractivity contribution < 1.29 is 19.1 Å². The molecule has 34 heavy (non-hydrogen) atoms. The number of carbonyl (C=O) groups excluding carboxylic acids is 2. The molecule has 1 aromatic heterocycles. The minimum Gasteiger partial charge on any atom is -0.445 e. The molecule has 0 spiro atoms. The van der Waals surface area contributed by atoms with E-state index >= 15 is 0 Å². The van der Waals surface area contributed by atoms with E-state index in [0.29, 0.717) is 32.7 Å². The Labute approximate surface area is 200 Å². The summed E-state index contributed by atoms with van der Waals surface area (Å²) in [6.45, 7) is 8.91. The van der Waals surface area contributed by atoms with Crippen LogP contribution in [-0.2, 0) is 29.2 Å². The molecule has 2 bridgehead atoms. The molecule has 3 aliphatic rings. The Morgan fingerprint density at radius 1 is 1.00 bits per heavy atom. The van der Waals surface area contributed by atoms with Gasteiger partial charge in [0.15, 0.2) is 5.82 Å². The first kappa shape index (κ1) is 22.6. The highest BCUT2D eigenvalue weighted by atomic mass is 16.6. The number of amides is 2. The van der Waals surface area contributed by atoms with Gasteiger partial charge in [-0.3, -0.25) is 4.68 Å². The summed E-state index contributed by atoms with van der Waals surface area (Å²) in [7, 11) is 0. The molecule has 5 rings (SSSR count). The number of benzene rings is 1. The van der Waals surface area contributed by atoms with Crippen molar-refractivity contribution in [1.29, 1.82) is 0 Å². The quantitative estimate of drug-likeness (QED) is 0.686. The molecule has 0 radical (unpaired) electrons. The van der Waals surface area contributed by atoms with Crippen molar-refractivity contribution in [3.63, 3.8) is 0 Å². The molecular formula is C25H33N5O4. The van der Waals surface area contributed by atoms with Gasteiger partial charge in [0.25, 0.3) is 0 Å². The van der Waals surface area contributed by atoms with Crippen LogP contribution >= 0.6 is 0 Å². The van der Waals surface area contributed by atoms with Gasteiger partial charge in [-0.1, -0.05) is 30.3 Å². The van der Waals surface area contributed by atoms with Crippen molar-refractivity contribution >= 4 is 18.0 Å². The van der Waals surface area contributed by atoms with Crippen molar-refractivity contribution in [2.75, 3.05) is 24.5 Å². The normalized spacial score (nSPS) is 21.9. The van der Waals surface area contributed by atoms with E-state index < -0.39 is 5.60 Å². The standard InChI is InChI=1S/C25H33N5O4/c1-25(2,3)34-24(32)27-11-12-29-21(16-27)13-22(26-29)30-19-9-10-20(30)15-28(14-19)23(31)33-17-18-7-5-4-6-8-18/h4-8,13,19-20H,9-12,14-17H2,1-3H3. The van der Waals surface area contributed by atoms with Crippen LogP contribution in [0.25, 0.3) is 0 Å². The number of aromatic nitrogens is 2. The maximum atomic E-state index is 12.7. The first-order chi connectivity index (χ1) is 16.3. The SMILES string of the molecule is CC(C)(C)OC(=O)N1CCn2nc(N3C4CCC3CN(C(=O)OCc3ccccc3)C4)cc2C1. The second-order valence-electron chi connectivity index (χ2n) is 10.4. The van der Waals surface area contributed by atoms with E-state index in [1.807, 2.05) is 60.7 Å². The van der Waals surface area contributed by atoms with Gasteiger partial charge in [-0.25, -0.2) is 9.59 Å². The molecule has 2 saturated heterocycles. The van der Waals surface area contributed by atoms with Crippen LogP contribution in [0, 0.1) is 0 Å². The van der Waals surface area contributed by atoms with Crippen molar-refractivity contribution in [1.82, 2.24) is 19.6 Å². The maximum Gasteiger partial charge on any atom is 0.410 e. The molecule has 2 fully saturated rings. The highest BCUT2D eigenvalue weighted by Crippen LogP contribution is 2.35. The Kier molecular flexibility index (Phi) is 5.87. The zero-order valence-electron chi connectivity index (χ0n) is 20.1. The number of rotatable bonds is 3. The number of hydrogen-bond donors (Lipinski definition) is 0. The average Bonchev–Trinajstić information content (AvgIpc) is 3.33. The third-order valence-corrected chi connectivity index (χ3v) is 6.65. The largest absolute Gasteiger partial charge is 0.445 e. The third kappa shape index (κ3) is 4.69. The Balaban J connectivity index is 1.21. The molecule has 0 saturated carbocycles. The molecular weight excluding hydrogens is 434 g/mol. The van der Waals surface area contributed by atoms with Gasteiger partial charge in [0.2, 0.25) is 0 Å². The van der Waals surface area contributed by atoms with Crippen molar-refractivity contribution in [3.05, 3.63) is 47.7 Å². The number of hydrogen-bond acceptors (Lipinski definition) is 6. The Morgan fingerprint density at radius 2 is 1.71 bits per heavy atom. The number of fused-ring (bicyclic) bond motifs is 3. The van der Waals surface area contributed by atoms with Gasteiger partial charge in [-0.15, -0.1) is 0 Å². The molecule has 1 aromatic carbocycles. The first-order valence-electron chi connectivity index (χ1n) is 12.1. The highest BCUT2D eigenvalue weighted by molar-refractivity contribution is 5.69. The fraction of sp³-hybridized carbons (Fsp3) is 0.560. The smallest absolute Gasteiger partial charge is 0.410 e. The van der Waals surface area contributed by atoms with E-state index in [4.69, 9.17) is 14.6 Å². The summed E-state index contributed by atoms with van der Waals surface area (Å²) in [5.74, 6) is 0.936. The van der Waals surface area contributed by atoms with E-state index in [1.165, 1.54) is 0 Å². The average molecular weight is 468 g/mol. The van der Waals surface area contributed by atoms with Crippen molar-refractivity contribution in [2.45, 2.75) is 71.0 Å². The van der Waals surface area contributed by atoms with Crippen LogP contribution < -0.4 is 4.90 Å². The summed E-state index contributed by atoms with van der Waals surface area (Å²) < 4.78 is 13.1. The molecule has 2 aromatic rings. The summed E-state index contributed by atoms with van der Waals surface area (Å²) >= 11 is 0. The van der Waals surface area contributed by atoms with Gasteiger partial charge < -0.3 is 24.2 Å². The zero-order chi connectivity index (χ0) is 23.9. The van der Waals surface area contributed by atoms with Crippen LogP contribution in [0.3, 0.4) is 0 Å². The van der Waals surface area contributed by atoms with Crippen LogP contribution in [-0.4, -0.2) is 69.1 Å². The summed E-state index contributed by atoms with van der Waals surface area (Å²) in [4.78, 5) is 31.1. The number of anilines is 1. The van der Waals surface area contributed by atoms with E-state index in [0.717, 1.165) is 29.9 Å². The summed E-state index contributed by atoms with van der Waals surface area (Å²) in [5, 5.41) is 4.86. The molecule has 0 N–H and O–H groups in total. The van der Waals surface area contributed by atoms with Crippen LogP contribution in [0.5, 0.6) is 0 Å². The molecule has 2 amide bonds. The maximum absolute atomic E-state index is 12.7. The lowest BCUT2D eigenvalue weighted by Crippen LogP contribution is -2.55. The Hall–Kier alpha value is -3.23. The van der Waals surface area contributed by atoms with Crippen LogP contribution in [0.2, 0.25) is 0 Å². The number of nitrogens with zero attached hydrogens (tertiary/aromatic N) is 5.